The normalized spacial score (nSPS) is 19.1. The average molecular weight is 317 g/mol. The molecule has 6 heteroatoms. The standard InChI is InChI=1S/C17H23N3O3/c1-13(21)19-12-16(22)20-10-7-17(8-11-20)6-9-18-14-4-2-3-5-15(14)23-17/h2-5,18H,6-12H2,1H3,(H,19,21). The van der Waals surface area contributed by atoms with Crippen molar-refractivity contribution in [1.82, 2.24) is 10.2 Å². The van der Waals surface area contributed by atoms with Crippen LogP contribution < -0.4 is 15.4 Å². The summed E-state index contributed by atoms with van der Waals surface area (Å²) in [5.74, 6) is 0.687. The van der Waals surface area contributed by atoms with E-state index < -0.39 is 0 Å². The highest BCUT2D eigenvalue weighted by Gasteiger charge is 2.39. The number of piperidine rings is 1. The van der Waals surface area contributed by atoms with Crippen LogP contribution in [0.15, 0.2) is 24.3 Å². The van der Waals surface area contributed by atoms with Gasteiger partial charge in [-0.1, -0.05) is 12.1 Å². The summed E-state index contributed by atoms with van der Waals surface area (Å²) in [4.78, 5) is 24.8. The molecule has 6 nitrogen and oxygen atoms in total. The third-order valence-corrected chi connectivity index (χ3v) is 4.63. The second kappa shape index (κ2) is 6.48. The summed E-state index contributed by atoms with van der Waals surface area (Å²) in [6, 6.07) is 7.99. The molecule has 1 fully saturated rings. The van der Waals surface area contributed by atoms with Gasteiger partial charge in [0.25, 0.3) is 0 Å². The molecule has 0 aliphatic carbocycles. The number of nitrogens with zero attached hydrogens (tertiary/aromatic N) is 1. The van der Waals surface area contributed by atoms with E-state index in [1.165, 1.54) is 6.92 Å². The number of para-hydroxylation sites is 2. The number of carbonyl (C=O) groups excluding carboxylic acids is 2. The Morgan fingerprint density at radius 1 is 1.26 bits per heavy atom. The Morgan fingerprint density at radius 3 is 2.74 bits per heavy atom. The molecule has 2 amide bonds. The monoisotopic (exact) mass is 317 g/mol. The topological polar surface area (TPSA) is 70.7 Å². The van der Waals surface area contributed by atoms with Gasteiger partial charge < -0.3 is 20.3 Å². The van der Waals surface area contributed by atoms with Crippen LogP contribution >= 0.6 is 0 Å². The Bertz CT molecular complexity index is 595. The molecule has 1 aromatic rings. The van der Waals surface area contributed by atoms with Crippen molar-refractivity contribution in [1.29, 1.82) is 0 Å². The number of fused-ring (bicyclic) bond motifs is 1. The highest BCUT2D eigenvalue weighted by Crippen LogP contribution is 2.37. The van der Waals surface area contributed by atoms with Crippen molar-refractivity contribution in [3.05, 3.63) is 24.3 Å². The number of amides is 2. The molecule has 1 saturated heterocycles. The molecule has 124 valence electrons. The molecule has 2 N–H and O–H groups in total. The van der Waals surface area contributed by atoms with Gasteiger partial charge in [-0.15, -0.1) is 0 Å². The van der Waals surface area contributed by atoms with Gasteiger partial charge in [0, 0.05) is 45.8 Å². The highest BCUT2D eigenvalue weighted by atomic mass is 16.5. The van der Waals surface area contributed by atoms with Crippen molar-refractivity contribution in [2.75, 3.05) is 31.5 Å². The van der Waals surface area contributed by atoms with Gasteiger partial charge in [-0.3, -0.25) is 9.59 Å². The summed E-state index contributed by atoms with van der Waals surface area (Å²) in [6.07, 6.45) is 2.55. The van der Waals surface area contributed by atoms with Gasteiger partial charge in [-0.25, -0.2) is 0 Å². The fourth-order valence-electron chi connectivity index (χ4n) is 3.24. The summed E-state index contributed by atoms with van der Waals surface area (Å²) in [6.45, 7) is 3.70. The quantitative estimate of drug-likeness (QED) is 0.864. The average Bonchev–Trinajstić information content (AvgIpc) is 2.72. The van der Waals surface area contributed by atoms with Gasteiger partial charge in [-0.05, 0) is 12.1 Å². The second-order valence-corrected chi connectivity index (χ2v) is 6.25. The van der Waals surface area contributed by atoms with E-state index in [2.05, 4.69) is 10.6 Å². The third-order valence-electron chi connectivity index (χ3n) is 4.63. The predicted molar refractivity (Wildman–Crippen MR) is 87.4 cm³/mol. The number of anilines is 1. The minimum atomic E-state index is -0.204. The zero-order valence-electron chi connectivity index (χ0n) is 13.4. The Labute approximate surface area is 136 Å². The summed E-state index contributed by atoms with van der Waals surface area (Å²) >= 11 is 0. The molecule has 2 aliphatic heterocycles. The minimum absolute atomic E-state index is 0.0257. The van der Waals surface area contributed by atoms with Crippen LogP contribution in [0.1, 0.15) is 26.2 Å². The number of hydrogen-bond donors (Lipinski definition) is 2. The molecule has 0 aromatic heterocycles. The first-order chi connectivity index (χ1) is 11.1. The first-order valence-electron chi connectivity index (χ1n) is 8.12. The maximum atomic E-state index is 12.1. The fourth-order valence-corrected chi connectivity index (χ4v) is 3.24. The molecular weight excluding hydrogens is 294 g/mol. The van der Waals surface area contributed by atoms with Crippen molar-refractivity contribution in [3.8, 4) is 5.75 Å². The van der Waals surface area contributed by atoms with Crippen LogP contribution in [-0.2, 0) is 9.59 Å². The van der Waals surface area contributed by atoms with E-state index >= 15 is 0 Å². The van der Waals surface area contributed by atoms with E-state index in [1.807, 2.05) is 29.2 Å². The summed E-state index contributed by atoms with van der Waals surface area (Å²) in [5.41, 5.74) is 0.832. The van der Waals surface area contributed by atoms with Crippen LogP contribution in [0.2, 0.25) is 0 Å². The van der Waals surface area contributed by atoms with Crippen molar-refractivity contribution in [3.63, 3.8) is 0 Å². The summed E-state index contributed by atoms with van der Waals surface area (Å²) in [5, 5.41) is 5.98. The molecule has 0 radical (unpaired) electrons. The summed E-state index contributed by atoms with van der Waals surface area (Å²) in [7, 11) is 0. The molecule has 2 aliphatic rings. The van der Waals surface area contributed by atoms with Crippen molar-refractivity contribution in [2.24, 2.45) is 0 Å². The number of rotatable bonds is 2. The van der Waals surface area contributed by atoms with Crippen LogP contribution in [0.3, 0.4) is 0 Å². The molecule has 23 heavy (non-hydrogen) atoms. The summed E-state index contributed by atoms with van der Waals surface area (Å²) < 4.78 is 6.34. The smallest absolute Gasteiger partial charge is 0.241 e. The van der Waals surface area contributed by atoms with Crippen molar-refractivity contribution >= 4 is 17.5 Å². The number of nitrogens with one attached hydrogen (secondary N) is 2. The van der Waals surface area contributed by atoms with E-state index in [9.17, 15) is 9.59 Å². The number of benzene rings is 1. The van der Waals surface area contributed by atoms with Crippen molar-refractivity contribution in [2.45, 2.75) is 31.8 Å². The van der Waals surface area contributed by atoms with E-state index in [1.54, 1.807) is 0 Å². The highest BCUT2D eigenvalue weighted by molar-refractivity contribution is 5.83. The van der Waals surface area contributed by atoms with Crippen molar-refractivity contribution < 1.29 is 14.3 Å². The second-order valence-electron chi connectivity index (χ2n) is 6.25. The molecule has 0 bridgehead atoms. The first kappa shape index (κ1) is 15.6. The Hall–Kier alpha value is -2.24. The van der Waals surface area contributed by atoms with E-state index in [-0.39, 0.29) is 24.0 Å². The van der Waals surface area contributed by atoms with Gasteiger partial charge in [0.05, 0.1) is 12.2 Å². The number of hydrogen-bond acceptors (Lipinski definition) is 4. The lowest BCUT2D eigenvalue weighted by atomic mass is 9.87. The third kappa shape index (κ3) is 3.57. The van der Waals surface area contributed by atoms with E-state index in [4.69, 9.17) is 4.74 Å². The molecule has 1 aromatic carbocycles. The van der Waals surface area contributed by atoms with Crippen LogP contribution in [0.25, 0.3) is 0 Å². The number of likely N-dealkylation sites (tertiary alicyclic amines) is 1. The lowest BCUT2D eigenvalue weighted by molar-refractivity contribution is -0.135. The van der Waals surface area contributed by atoms with Crippen LogP contribution in [0.4, 0.5) is 5.69 Å². The van der Waals surface area contributed by atoms with Gasteiger partial charge in [0.2, 0.25) is 11.8 Å². The number of carbonyl (C=O) groups is 2. The molecule has 0 unspecified atom stereocenters. The van der Waals surface area contributed by atoms with Gasteiger partial charge in [0.1, 0.15) is 11.4 Å². The van der Waals surface area contributed by atoms with Gasteiger partial charge in [-0.2, -0.15) is 0 Å². The van der Waals surface area contributed by atoms with Crippen LogP contribution in [-0.4, -0.2) is 48.5 Å². The molecule has 1 spiro atoms. The minimum Gasteiger partial charge on any atom is -0.485 e. The lowest BCUT2D eigenvalue weighted by Crippen LogP contribution is -2.51. The largest absolute Gasteiger partial charge is 0.485 e. The predicted octanol–water partition coefficient (Wildman–Crippen LogP) is 1.38. The fraction of sp³-hybridized carbons (Fsp3) is 0.529. The van der Waals surface area contributed by atoms with E-state index in [0.29, 0.717) is 13.1 Å². The first-order valence-corrected chi connectivity index (χ1v) is 8.12. The number of ether oxygens (including phenoxy) is 1. The Kier molecular flexibility index (Phi) is 4.41. The maximum Gasteiger partial charge on any atom is 0.241 e. The maximum absolute atomic E-state index is 12.1. The SMILES string of the molecule is CC(=O)NCC(=O)N1CCC2(CCNc3ccccc3O2)CC1. The van der Waals surface area contributed by atoms with Gasteiger partial charge in [0.15, 0.2) is 0 Å². The van der Waals surface area contributed by atoms with E-state index in [0.717, 1.165) is 37.2 Å². The van der Waals surface area contributed by atoms with Crippen LogP contribution in [0.5, 0.6) is 5.75 Å². The zero-order valence-corrected chi connectivity index (χ0v) is 13.4. The Balaban J connectivity index is 1.62. The molecule has 2 heterocycles. The van der Waals surface area contributed by atoms with Crippen LogP contribution in [0, 0.1) is 0 Å². The molecule has 0 saturated carbocycles. The molecular formula is C17H23N3O3. The molecule has 0 atom stereocenters. The zero-order chi connectivity index (χ0) is 16.3. The lowest BCUT2D eigenvalue weighted by Gasteiger charge is -2.41. The Morgan fingerprint density at radius 2 is 2.00 bits per heavy atom. The van der Waals surface area contributed by atoms with Gasteiger partial charge >= 0.3 is 0 Å². The molecule has 3 rings (SSSR count).